The Balaban J connectivity index is 1.58. The number of nitrogens with zero attached hydrogens (tertiary/aromatic N) is 2. The molecule has 0 atom stereocenters. The number of hydrogen-bond acceptors (Lipinski definition) is 3. The van der Waals surface area contributed by atoms with Crippen LogP contribution in [0.1, 0.15) is 22.3 Å². The number of amides is 1. The van der Waals surface area contributed by atoms with E-state index in [-0.39, 0.29) is 5.91 Å². The van der Waals surface area contributed by atoms with Gasteiger partial charge in [0, 0.05) is 43.3 Å². The number of furan rings is 1. The van der Waals surface area contributed by atoms with Crippen LogP contribution in [-0.2, 0) is 17.8 Å². The quantitative estimate of drug-likeness (QED) is 0.700. The SMILES string of the molecule is Cc1ccc2c(CC(=O)N3CCN(C)c4ccccc4C3)coc2c1C. The molecule has 1 aliphatic heterocycles. The van der Waals surface area contributed by atoms with Crippen molar-refractivity contribution in [2.75, 3.05) is 25.0 Å². The fourth-order valence-electron chi connectivity index (χ4n) is 3.71. The van der Waals surface area contributed by atoms with Crippen LogP contribution in [0.15, 0.2) is 47.1 Å². The van der Waals surface area contributed by atoms with Gasteiger partial charge in [-0.25, -0.2) is 0 Å². The van der Waals surface area contributed by atoms with E-state index in [0.717, 1.165) is 35.2 Å². The van der Waals surface area contributed by atoms with Gasteiger partial charge >= 0.3 is 0 Å². The number of anilines is 1. The van der Waals surface area contributed by atoms with Gasteiger partial charge in [0.15, 0.2) is 0 Å². The molecule has 0 N–H and O–H groups in total. The van der Waals surface area contributed by atoms with E-state index in [4.69, 9.17) is 4.42 Å². The summed E-state index contributed by atoms with van der Waals surface area (Å²) >= 11 is 0. The summed E-state index contributed by atoms with van der Waals surface area (Å²) in [7, 11) is 2.08. The third-order valence-corrected chi connectivity index (χ3v) is 5.51. The maximum Gasteiger partial charge on any atom is 0.227 e. The summed E-state index contributed by atoms with van der Waals surface area (Å²) in [5.41, 5.74) is 6.63. The first-order chi connectivity index (χ1) is 12.5. The predicted molar refractivity (Wildman–Crippen MR) is 105 cm³/mol. The summed E-state index contributed by atoms with van der Waals surface area (Å²) in [4.78, 5) is 17.2. The highest BCUT2D eigenvalue weighted by atomic mass is 16.3. The van der Waals surface area contributed by atoms with Crippen molar-refractivity contribution in [1.82, 2.24) is 4.90 Å². The van der Waals surface area contributed by atoms with Gasteiger partial charge in [-0.2, -0.15) is 0 Å². The molecule has 0 aliphatic carbocycles. The van der Waals surface area contributed by atoms with Crippen LogP contribution in [0.4, 0.5) is 5.69 Å². The molecule has 0 unspecified atom stereocenters. The van der Waals surface area contributed by atoms with Gasteiger partial charge in [-0.3, -0.25) is 4.79 Å². The van der Waals surface area contributed by atoms with Gasteiger partial charge in [-0.05, 0) is 36.6 Å². The van der Waals surface area contributed by atoms with Crippen LogP contribution in [-0.4, -0.2) is 30.9 Å². The second kappa shape index (κ2) is 6.52. The van der Waals surface area contributed by atoms with E-state index in [0.29, 0.717) is 13.0 Å². The third-order valence-electron chi connectivity index (χ3n) is 5.51. The van der Waals surface area contributed by atoms with Crippen LogP contribution in [0, 0.1) is 13.8 Å². The van der Waals surface area contributed by atoms with Crippen molar-refractivity contribution in [1.29, 1.82) is 0 Å². The van der Waals surface area contributed by atoms with E-state index in [1.807, 2.05) is 11.0 Å². The summed E-state index contributed by atoms with van der Waals surface area (Å²) in [5, 5.41) is 1.05. The molecule has 2 aromatic carbocycles. The van der Waals surface area contributed by atoms with Crippen molar-refractivity contribution < 1.29 is 9.21 Å². The lowest BCUT2D eigenvalue weighted by atomic mass is 10.0. The zero-order valence-corrected chi connectivity index (χ0v) is 15.6. The molecule has 1 amide bonds. The fraction of sp³-hybridized carbons (Fsp3) is 0.318. The van der Waals surface area contributed by atoms with E-state index in [2.05, 4.69) is 56.1 Å². The monoisotopic (exact) mass is 348 g/mol. The Hall–Kier alpha value is -2.75. The van der Waals surface area contributed by atoms with E-state index in [1.165, 1.54) is 16.8 Å². The molecule has 1 aliphatic rings. The number of para-hydroxylation sites is 1. The van der Waals surface area contributed by atoms with Crippen molar-refractivity contribution in [3.05, 3.63) is 64.9 Å². The van der Waals surface area contributed by atoms with Gasteiger partial charge in [0.05, 0.1) is 12.7 Å². The second-order valence-electron chi connectivity index (χ2n) is 7.19. The zero-order valence-electron chi connectivity index (χ0n) is 15.6. The molecule has 26 heavy (non-hydrogen) atoms. The highest BCUT2D eigenvalue weighted by Gasteiger charge is 2.22. The minimum absolute atomic E-state index is 0.149. The molecule has 3 aromatic rings. The summed E-state index contributed by atoms with van der Waals surface area (Å²) in [6, 6.07) is 12.5. The molecule has 1 aromatic heterocycles. The topological polar surface area (TPSA) is 36.7 Å². The van der Waals surface area contributed by atoms with Gasteiger partial charge in [-0.1, -0.05) is 30.3 Å². The molecule has 0 bridgehead atoms. The van der Waals surface area contributed by atoms with Crippen molar-refractivity contribution in [3.63, 3.8) is 0 Å². The van der Waals surface area contributed by atoms with E-state index >= 15 is 0 Å². The van der Waals surface area contributed by atoms with Gasteiger partial charge in [0.2, 0.25) is 5.91 Å². The highest BCUT2D eigenvalue weighted by Crippen LogP contribution is 2.28. The van der Waals surface area contributed by atoms with Crippen molar-refractivity contribution in [2.24, 2.45) is 0 Å². The van der Waals surface area contributed by atoms with Gasteiger partial charge in [0.1, 0.15) is 5.58 Å². The summed E-state index contributed by atoms with van der Waals surface area (Å²) in [5.74, 6) is 0.149. The lowest BCUT2D eigenvalue weighted by molar-refractivity contribution is -0.130. The Bertz CT molecular complexity index is 973. The maximum atomic E-state index is 13.0. The van der Waals surface area contributed by atoms with Crippen LogP contribution in [0.5, 0.6) is 0 Å². The number of benzene rings is 2. The molecule has 0 spiro atoms. The summed E-state index contributed by atoms with van der Waals surface area (Å²) in [6.07, 6.45) is 2.12. The molecular formula is C22H24N2O2. The Labute approximate surface area is 154 Å². The van der Waals surface area contributed by atoms with Crippen LogP contribution in [0.3, 0.4) is 0 Å². The molecular weight excluding hydrogens is 324 g/mol. The first kappa shape index (κ1) is 16.7. The molecule has 0 fully saturated rings. The largest absolute Gasteiger partial charge is 0.464 e. The van der Waals surface area contributed by atoms with Crippen LogP contribution in [0.25, 0.3) is 11.0 Å². The van der Waals surface area contributed by atoms with Crippen LogP contribution >= 0.6 is 0 Å². The van der Waals surface area contributed by atoms with Crippen molar-refractivity contribution in [3.8, 4) is 0 Å². The van der Waals surface area contributed by atoms with Crippen molar-refractivity contribution >= 4 is 22.6 Å². The number of likely N-dealkylation sites (N-methyl/N-ethyl adjacent to an activating group) is 1. The average Bonchev–Trinajstić information content (AvgIpc) is 2.96. The maximum absolute atomic E-state index is 13.0. The molecule has 0 saturated heterocycles. The molecule has 4 rings (SSSR count). The van der Waals surface area contributed by atoms with Gasteiger partial charge in [0.25, 0.3) is 0 Å². The Morgan fingerprint density at radius 1 is 1.12 bits per heavy atom. The number of aryl methyl sites for hydroxylation is 2. The normalized spacial score (nSPS) is 14.4. The van der Waals surface area contributed by atoms with Crippen LogP contribution in [0.2, 0.25) is 0 Å². The summed E-state index contributed by atoms with van der Waals surface area (Å²) in [6.45, 7) is 6.38. The molecule has 2 heterocycles. The molecule has 4 heteroatoms. The molecule has 4 nitrogen and oxygen atoms in total. The number of carbonyl (C=O) groups excluding carboxylic acids is 1. The zero-order chi connectivity index (χ0) is 18.3. The number of fused-ring (bicyclic) bond motifs is 2. The van der Waals surface area contributed by atoms with E-state index in [1.54, 1.807) is 6.26 Å². The third kappa shape index (κ3) is 2.85. The summed E-state index contributed by atoms with van der Waals surface area (Å²) < 4.78 is 5.77. The first-order valence-electron chi connectivity index (χ1n) is 9.07. The standard InChI is InChI=1S/C22H24N2O2/c1-15-8-9-19-18(14-26-22(19)16(15)2)12-21(25)24-11-10-23(3)20-7-5-4-6-17(20)13-24/h4-9,14H,10-13H2,1-3H3. The predicted octanol–water partition coefficient (Wildman–Crippen LogP) is 4.07. The lowest BCUT2D eigenvalue weighted by Crippen LogP contribution is -2.35. The highest BCUT2D eigenvalue weighted by molar-refractivity contribution is 5.89. The number of rotatable bonds is 2. The second-order valence-corrected chi connectivity index (χ2v) is 7.19. The Morgan fingerprint density at radius 3 is 2.77 bits per heavy atom. The Morgan fingerprint density at radius 2 is 1.92 bits per heavy atom. The minimum atomic E-state index is 0.149. The Kier molecular flexibility index (Phi) is 4.19. The average molecular weight is 348 g/mol. The molecule has 134 valence electrons. The minimum Gasteiger partial charge on any atom is -0.464 e. The molecule has 0 saturated carbocycles. The van der Waals surface area contributed by atoms with E-state index in [9.17, 15) is 4.79 Å². The lowest BCUT2D eigenvalue weighted by Gasteiger charge is -2.21. The van der Waals surface area contributed by atoms with Crippen LogP contribution < -0.4 is 4.90 Å². The molecule has 0 radical (unpaired) electrons. The van der Waals surface area contributed by atoms with Crippen molar-refractivity contribution in [2.45, 2.75) is 26.8 Å². The van der Waals surface area contributed by atoms with E-state index < -0.39 is 0 Å². The fourth-order valence-corrected chi connectivity index (χ4v) is 3.71. The first-order valence-corrected chi connectivity index (χ1v) is 9.07. The number of hydrogen-bond donors (Lipinski definition) is 0. The number of carbonyl (C=O) groups is 1. The van der Waals surface area contributed by atoms with Gasteiger partial charge in [-0.15, -0.1) is 0 Å². The smallest absolute Gasteiger partial charge is 0.227 e. The van der Waals surface area contributed by atoms with Gasteiger partial charge < -0.3 is 14.2 Å².